The smallest absolute Gasteiger partial charge is 0.255 e. The second-order valence-electron chi connectivity index (χ2n) is 6.22. The summed E-state index contributed by atoms with van der Waals surface area (Å²) in [6.07, 6.45) is 1.24. The van der Waals surface area contributed by atoms with Gasteiger partial charge in [-0.2, -0.15) is 0 Å². The van der Waals surface area contributed by atoms with Crippen LogP contribution in [-0.4, -0.2) is 50.0 Å². The summed E-state index contributed by atoms with van der Waals surface area (Å²) in [5.41, 5.74) is 1.46. The highest BCUT2D eigenvalue weighted by molar-refractivity contribution is 5.98. The number of aliphatic hydroxyl groups is 1. The molecule has 1 aromatic carbocycles. The minimum Gasteiger partial charge on any atom is -0.490 e. The summed E-state index contributed by atoms with van der Waals surface area (Å²) in [6.45, 7) is 4.99. The van der Waals surface area contributed by atoms with Crippen molar-refractivity contribution >= 4 is 5.91 Å². The number of β-amino-alcohol motifs (C(OH)–C–C–N with tert-alkyl or cyclic N) is 1. The van der Waals surface area contributed by atoms with E-state index in [0.717, 1.165) is 24.9 Å². The van der Waals surface area contributed by atoms with Crippen molar-refractivity contribution in [1.82, 2.24) is 10.6 Å². The quantitative estimate of drug-likeness (QED) is 0.770. The summed E-state index contributed by atoms with van der Waals surface area (Å²) in [5, 5.41) is 16.0. The second kappa shape index (κ2) is 7.19. The Morgan fingerprint density at radius 1 is 1.39 bits per heavy atom. The third-order valence-electron chi connectivity index (χ3n) is 4.35. The predicted octanol–water partition coefficient (Wildman–Crippen LogP) is 0.857. The zero-order chi connectivity index (χ0) is 16.2. The van der Waals surface area contributed by atoms with Crippen LogP contribution < -0.4 is 20.1 Å². The molecule has 1 saturated heterocycles. The topological polar surface area (TPSA) is 79.8 Å². The fourth-order valence-electron chi connectivity index (χ4n) is 3.03. The highest BCUT2D eigenvalue weighted by atomic mass is 16.5. The van der Waals surface area contributed by atoms with Gasteiger partial charge in [0.15, 0.2) is 11.5 Å². The standard InChI is InChI=1S/C17H24N2O4/c1-11-7-13(16-15(8-11)22-5-2-6-23-16)17(21)19-9-12-3-4-18-10-14(12)20/h7-8,12,14,18,20H,2-6,9-10H2,1H3,(H,19,21). The van der Waals surface area contributed by atoms with Gasteiger partial charge in [0.25, 0.3) is 5.91 Å². The van der Waals surface area contributed by atoms with E-state index in [0.29, 0.717) is 43.4 Å². The molecule has 3 rings (SSSR count). The molecule has 0 radical (unpaired) electrons. The minimum atomic E-state index is -0.418. The number of aryl methyl sites for hydroxylation is 1. The molecule has 2 atom stereocenters. The fraction of sp³-hybridized carbons (Fsp3) is 0.588. The highest BCUT2D eigenvalue weighted by Crippen LogP contribution is 2.34. The fourth-order valence-corrected chi connectivity index (χ4v) is 3.03. The molecule has 2 heterocycles. The molecule has 0 saturated carbocycles. The zero-order valence-corrected chi connectivity index (χ0v) is 13.4. The Bertz CT molecular complexity index is 576. The number of benzene rings is 1. The van der Waals surface area contributed by atoms with Crippen molar-refractivity contribution in [2.24, 2.45) is 5.92 Å². The lowest BCUT2D eigenvalue weighted by molar-refractivity contribution is 0.0752. The van der Waals surface area contributed by atoms with E-state index in [9.17, 15) is 9.90 Å². The number of carbonyl (C=O) groups excluding carboxylic acids is 1. The summed E-state index contributed by atoms with van der Waals surface area (Å²) in [5.74, 6) is 1.06. The van der Waals surface area contributed by atoms with E-state index in [1.165, 1.54) is 0 Å². The minimum absolute atomic E-state index is 0.0841. The number of hydrogen-bond donors (Lipinski definition) is 3. The van der Waals surface area contributed by atoms with Crippen LogP contribution in [0.5, 0.6) is 11.5 Å². The van der Waals surface area contributed by atoms with Crippen LogP contribution in [0.4, 0.5) is 0 Å². The van der Waals surface area contributed by atoms with Gasteiger partial charge in [-0.1, -0.05) is 0 Å². The molecule has 2 aliphatic heterocycles. The van der Waals surface area contributed by atoms with Crippen molar-refractivity contribution in [2.75, 3.05) is 32.8 Å². The molecule has 126 valence electrons. The molecular weight excluding hydrogens is 296 g/mol. The average Bonchev–Trinajstić information content (AvgIpc) is 2.78. The Kier molecular flexibility index (Phi) is 5.03. The zero-order valence-electron chi connectivity index (χ0n) is 13.4. The molecule has 1 aromatic rings. The maximum absolute atomic E-state index is 12.6. The van der Waals surface area contributed by atoms with E-state index < -0.39 is 6.10 Å². The van der Waals surface area contributed by atoms with Gasteiger partial charge < -0.3 is 25.2 Å². The Hall–Kier alpha value is -1.79. The average molecular weight is 320 g/mol. The van der Waals surface area contributed by atoms with Crippen LogP contribution in [0.2, 0.25) is 0 Å². The summed E-state index contributed by atoms with van der Waals surface area (Å²) in [4.78, 5) is 12.6. The molecule has 6 nitrogen and oxygen atoms in total. The van der Waals surface area contributed by atoms with Gasteiger partial charge in [-0.3, -0.25) is 4.79 Å². The lowest BCUT2D eigenvalue weighted by Crippen LogP contribution is -2.45. The molecule has 0 bridgehead atoms. The van der Waals surface area contributed by atoms with E-state index in [-0.39, 0.29) is 11.8 Å². The Morgan fingerprint density at radius 3 is 3.04 bits per heavy atom. The first-order chi connectivity index (χ1) is 11.1. The Balaban J connectivity index is 1.72. The number of hydrogen-bond acceptors (Lipinski definition) is 5. The SMILES string of the molecule is Cc1cc2c(c(C(=O)NCC3CCNCC3O)c1)OCCCO2. The third kappa shape index (κ3) is 3.76. The molecule has 0 aliphatic carbocycles. The monoisotopic (exact) mass is 320 g/mol. The molecule has 2 aliphatic rings. The number of rotatable bonds is 3. The molecule has 1 fully saturated rings. The van der Waals surface area contributed by atoms with Crippen molar-refractivity contribution in [3.63, 3.8) is 0 Å². The van der Waals surface area contributed by atoms with Crippen LogP contribution in [0, 0.1) is 12.8 Å². The molecule has 3 N–H and O–H groups in total. The van der Waals surface area contributed by atoms with Crippen molar-refractivity contribution in [1.29, 1.82) is 0 Å². The Labute approximate surface area is 136 Å². The highest BCUT2D eigenvalue weighted by Gasteiger charge is 2.25. The molecular formula is C17H24N2O4. The van der Waals surface area contributed by atoms with Crippen LogP contribution in [0.1, 0.15) is 28.8 Å². The predicted molar refractivity (Wildman–Crippen MR) is 86.1 cm³/mol. The van der Waals surface area contributed by atoms with E-state index in [4.69, 9.17) is 9.47 Å². The van der Waals surface area contributed by atoms with Crippen molar-refractivity contribution < 1.29 is 19.4 Å². The second-order valence-corrected chi connectivity index (χ2v) is 6.22. The van der Waals surface area contributed by atoms with Crippen LogP contribution in [0.3, 0.4) is 0 Å². The van der Waals surface area contributed by atoms with Crippen LogP contribution in [-0.2, 0) is 0 Å². The first kappa shape index (κ1) is 16.1. The van der Waals surface area contributed by atoms with Crippen molar-refractivity contribution in [3.8, 4) is 11.5 Å². The lowest BCUT2D eigenvalue weighted by Gasteiger charge is -2.28. The van der Waals surface area contributed by atoms with Crippen molar-refractivity contribution in [2.45, 2.75) is 25.9 Å². The summed E-state index contributed by atoms with van der Waals surface area (Å²) < 4.78 is 11.4. The first-order valence-corrected chi connectivity index (χ1v) is 8.22. The van der Waals surface area contributed by atoms with Gasteiger partial charge in [-0.15, -0.1) is 0 Å². The largest absolute Gasteiger partial charge is 0.490 e. The molecule has 1 amide bonds. The van der Waals surface area contributed by atoms with E-state index in [1.54, 1.807) is 0 Å². The number of carbonyl (C=O) groups is 1. The van der Waals surface area contributed by atoms with Gasteiger partial charge in [-0.05, 0) is 37.6 Å². The lowest BCUT2D eigenvalue weighted by atomic mass is 9.95. The molecule has 6 heteroatoms. The number of aliphatic hydroxyl groups excluding tert-OH is 1. The van der Waals surface area contributed by atoms with Gasteiger partial charge >= 0.3 is 0 Å². The van der Waals surface area contributed by atoms with E-state index in [2.05, 4.69) is 10.6 Å². The Morgan fingerprint density at radius 2 is 2.22 bits per heavy atom. The van der Waals surface area contributed by atoms with Crippen LogP contribution in [0.15, 0.2) is 12.1 Å². The maximum atomic E-state index is 12.6. The molecule has 2 unspecified atom stereocenters. The van der Waals surface area contributed by atoms with E-state index in [1.807, 2.05) is 19.1 Å². The first-order valence-electron chi connectivity index (χ1n) is 8.22. The number of nitrogens with one attached hydrogen (secondary N) is 2. The van der Waals surface area contributed by atoms with Gasteiger partial charge in [0.1, 0.15) is 0 Å². The summed E-state index contributed by atoms with van der Waals surface area (Å²) >= 11 is 0. The number of ether oxygens (including phenoxy) is 2. The maximum Gasteiger partial charge on any atom is 0.255 e. The number of fused-ring (bicyclic) bond motifs is 1. The summed E-state index contributed by atoms with van der Waals surface area (Å²) in [6, 6.07) is 3.72. The van der Waals surface area contributed by atoms with Crippen molar-refractivity contribution in [3.05, 3.63) is 23.3 Å². The van der Waals surface area contributed by atoms with Gasteiger partial charge in [0.05, 0.1) is 24.9 Å². The summed E-state index contributed by atoms with van der Waals surface area (Å²) in [7, 11) is 0. The van der Waals surface area contributed by atoms with Gasteiger partial charge in [0, 0.05) is 25.4 Å². The third-order valence-corrected chi connectivity index (χ3v) is 4.35. The van der Waals surface area contributed by atoms with Gasteiger partial charge in [-0.25, -0.2) is 0 Å². The normalized spacial score (nSPS) is 23.9. The van der Waals surface area contributed by atoms with Crippen LogP contribution >= 0.6 is 0 Å². The molecule has 0 aromatic heterocycles. The van der Waals surface area contributed by atoms with E-state index >= 15 is 0 Å². The van der Waals surface area contributed by atoms with Gasteiger partial charge in [0.2, 0.25) is 0 Å². The molecule has 23 heavy (non-hydrogen) atoms. The van der Waals surface area contributed by atoms with Crippen LogP contribution in [0.25, 0.3) is 0 Å². The number of piperidine rings is 1. The molecule has 0 spiro atoms. The number of amides is 1.